The molecule has 3 N–H and O–H groups in total. The van der Waals surface area contributed by atoms with Gasteiger partial charge in [0.15, 0.2) is 0 Å². The Morgan fingerprint density at radius 2 is 1.78 bits per heavy atom. The summed E-state index contributed by atoms with van der Waals surface area (Å²) in [6, 6.07) is 4.45. The van der Waals surface area contributed by atoms with Crippen LogP contribution in [0.3, 0.4) is 0 Å². The number of carbonyl (C=O) groups excluding carboxylic acids is 3. The number of nitrogens with zero attached hydrogens (tertiary/aromatic N) is 1. The molecule has 1 aromatic rings. The predicted molar refractivity (Wildman–Crippen MR) is 89.0 cm³/mol. The summed E-state index contributed by atoms with van der Waals surface area (Å²) in [6.07, 6.45) is 0.494. The van der Waals surface area contributed by atoms with Crippen LogP contribution in [-0.2, 0) is 14.4 Å². The van der Waals surface area contributed by atoms with Gasteiger partial charge >= 0.3 is 0 Å². The minimum atomic E-state index is -0.635. The maximum Gasteiger partial charge on any atom is 0.241 e. The zero-order valence-electron chi connectivity index (χ0n) is 14.0. The van der Waals surface area contributed by atoms with Crippen LogP contribution in [0.2, 0.25) is 0 Å². The first-order valence-corrected chi connectivity index (χ1v) is 7.64. The number of hydrogen-bond donors (Lipinski definition) is 2. The van der Waals surface area contributed by atoms with E-state index in [1.165, 1.54) is 4.90 Å². The summed E-state index contributed by atoms with van der Waals surface area (Å²) in [5, 5.41) is 2.78. The second-order valence-electron chi connectivity index (χ2n) is 6.96. The molecular weight excluding hydrogens is 294 g/mol. The molecule has 6 heteroatoms. The minimum Gasteiger partial charge on any atom is -0.325 e. The van der Waals surface area contributed by atoms with Gasteiger partial charge in [-0.25, -0.2) is 0 Å². The van der Waals surface area contributed by atoms with Crippen LogP contribution in [0.5, 0.6) is 0 Å². The number of hydrogen-bond acceptors (Lipinski definition) is 4. The van der Waals surface area contributed by atoms with Crippen molar-refractivity contribution in [2.45, 2.75) is 46.6 Å². The van der Waals surface area contributed by atoms with Gasteiger partial charge in [-0.1, -0.05) is 20.8 Å². The van der Waals surface area contributed by atoms with Crippen molar-refractivity contribution in [2.75, 3.05) is 10.2 Å². The summed E-state index contributed by atoms with van der Waals surface area (Å²) in [7, 11) is 0. The number of anilines is 2. The van der Waals surface area contributed by atoms with E-state index in [4.69, 9.17) is 5.73 Å². The van der Waals surface area contributed by atoms with E-state index in [0.717, 1.165) is 5.56 Å². The first-order chi connectivity index (χ1) is 10.6. The van der Waals surface area contributed by atoms with Crippen molar-refractivity contribution in [2.24, 2.45) is 11.1 Å². The number of nitrogens with one attached hydrogen (secondary N) is 1. The lowest BCUT2D eigenvalue weighted by Crippen LogP contribution is -2.45. The molecule has 0 aliphatic carbocycles. The molecule has 1 aliphatic rings. The Morgan fingerprint density at radius 3 is 2.26 bits per heavy atom. The highest BCUT2D eigenvalue weighted by Gasteiger charge is 2.31. The molecule has 23 heavy (non-hydrogen) atoms. The maximum atomic E-state index is 12.2. The molecule has 1 aliphatic heterocycles. The molecule has 0 aromatic heterocycles. The van der Waals surface area contributed by atoms with Crippen LogP contribution in [0.4, 0.5) is 11.4 Å². The van der Waals surface area contributed by atoms with Crippen molar-refractivity contribution in [3.63, 3.8) is 0 Å². The van der Waals surface area contributed by atoms with E-state index >= 15 is 0 Å². The molecule has 0 radical (unpaired) electrons. The molecule has 0 bridgehead atoms. The lowest BCUT2D eigenvalue weighted by atomic mass is 9.87. The van der Waals surface area contributed by atoms with Gasteiger partial charge in [-0.15, -0.1) is 0 Å². The maximum absolute atomic E-state index is 12.2. The fraction of sp³-hybridized carbons (Fsp3) is 0.471. The van der Waals surface area contributed by atoms with E-state index in [0.29, 0.717) is 11.4 Å². The molecule has 2 rings (SSSR count). The summed E-state index contributed by atoms with van der Waals surface area (Å²) in [5.74, 6) is -0.646. The van der Waals surface area contributed by atoms with Crippen LogP contribution in [0.15, 0.2) is 18.2 Å². The largest absolute Gasteiger partial charge is 0.325 e. The SMILES string of the molecule is Cc1cc(NC(=O)[C@@H](N)C(C)(C)C)ccc1N1C(=O)CCC1=O. The highest BCUT2D eigenvalue weighted by atomic mass is 16.2. The fourth-order valence-corrected chi connectivity index (χ4v) is 2.44. The number of rotatable bonds is 3. The van der Waals surface area contributed by atoms with Gasteiger partial charge in [-0.2, -0.15) is 0 Å². The average Bonchev–Trinajstić information content (AvgIpc) is 2.77. The van der Waals surface area contributed by atoms with Gasteiger partial charge in [-0.3, -0.25) is 19.3 Å². The predicted octanol–water partition coefficient (Wildman–Crippen LogP) is 1.96. The summed E-state index contributed by atoms with van der Waals surface area (Å²) in [4.78, 5) is 37.0. The Morgan fingerprint density at radius 1 is 1.22 bits per heavy atom. The second-order valence-corrected chi connectivity index (χ2v) is 6.96. The number of nitrogens with two attached hydrogens (primary N) is 1. The molecular formula is C17H23N3O3. The molecule has 0 spiro atoms. The molecule has 124 valence electrons. The van der Waals surface area contributed by atoms with Gasteiger partial charge < -0.3 is 11.1 Å². The van der Waals surface area contributed by atoms with Crippen LogP contribution in [0.1, 0.15) is 39.2 Å². The monoisotopic (exact) mass is 317 g/mol. The topological polar surface area (TPSA) is 92.5 Å². The Labute approximate surface area is 136 Å². The molecule has 1 aromatic carbocycles. The van der Waals surface area contributed by atoms with Crippen molar-refractivity contribution in [1.82, 2.24) is 0 Å². The lowest BCUT2D eigenvalue weighted by Gasteiger charge is -2.26. The van der Waals surface area contributed by atoms with Gasteiger partial charge in [0.05, 0.1) is 11.7 Å². The highest BCUT2D eigenvalue weighted by molar-refractivity contribution is 6.20. The van der Waals surface area contributed by atoms with E-state index in [1.807, 2.05) is 20.8 Å². The van der Waals surface area contributed by atoms with Crippen LogP contribution in [0.25, 0.3) is 0 Å². The molecule has 1 atom stereocenters. The summed E-state index contributed by atoms with van der Waals surface area (Å²) in [5.41, 5.74) is 7.50. The third-order valence-electron chi connectivity index (χ3n) is 3.97. The molecule has 0 unspecified atom stereocenters. The Kier molecular flexibility index (Phi) is 4.56. The average molecular weight is 317 g/mol. The van der Waals surface area contributed by atoms with Crippen molar-refractivity contribution < 1.29 is 14.4 Å². The summed E-state index contributed by atoms with van der Waals surface area (Å²) < 4.78 is 0. The zero-order valence-corrected chi connectivity index (χ0v) is 14.0. The van der Waals surface area contributed by atoms with Gasteiger partial charge in [-0.05, 0) is 36.1 Å². The number of aryl methyl sites for hydroxylation is 1. The Balaban J connectivity index is 2.18. The summed E-state index contributed by atoms with van der Waals surface area (Å²) in [6.45, 7) is 7.50. The van der Waals surface area contributed by atoms with E-state index in [2.05, 4.69) is 5.32 Å². The molecule has 1 heterocycles. The van der Waals surface area contributed by atoms with Gasteiger partial charge in [0, 0.05) is 18.5 Å². The van der Waals surface area contributed by atoms with Gasteiger partial charge in [0.1, 0.15) is 0 Å². The first-order valence-electron chi connectivity index (χ1n) is 7.64. The molecule has 1 fully saturated rings. The van der Waals surface area contributed by atoms with Crippen LogP contribution in [0, 0.1) is 12.3 Å². The van der Waals surface area contributed by atoms with Crippen molar-refractivity contribution in [1.29, 1.82) is 0 Å². The standard InChI is InChI=1S/C17H23N3O3/c1-10-9-11(19-16(23)15(18)17(2,3)4)5-6-12(10)20-13(21)7-8-14(20)22/h5-6,9,15H,7-8,18H2,1-4H3,(H,19,23)/t15-/m1/s1. The van der Waals surface area contributed by atoms with Gasteiger partial charge in [0.2, 0.25) is 17.7 Å². The number of imide groups is 1. The quantitative estimate of drug-likeness (QED) is 0.834. The third kappa shape index (κ3) is 3.59. The van der Waals surface area contributed by atoms with Crippen LogP contribution < -0.4 is 16.0 Å². The van der Waals surface area contributed by atoms with E-state index in [9.17, 15) is 14.4 Å². The lowest BCUT2D eigenvalue weighted by molar-refractivity contribution is -0.121. The van der Waals surface area contributed by atoms with Crippen molar-refractivity contribution in [3.8, 4) is 0 Å². The third-order valence-corrected chi connectivity index (χ3v) is 3.97. The summed E-state index contributed by atoms with van der Waals surface area (Å²) >= 11 is 0. The van der Waals surface area contributed by atoms with Crippen molar-refractivity contribution >= 4 is 29.1 Å². The number of amides is 3. The zero-order chi connectivity index (χ0) is 17.4. The van der Waals surface area contributed by atoms with Crippen molar-refractivity contribution in [3.05, 3.63) is 23.8 Å². The van der Waals surface area contributed by atoms with Gasteiger partial charge in [0.25, 0.3) is 0 Å². The molecule has 3 amide bonds. The number of benzene rings is 1. The first kappa shape index (κ1) is 17.1. The Bertz CT molecular complexity index is 646. The molecule has 1 saturated heterocycles. The number of carbonyl (C=O) groups is 3. The van der Waals surface area contributed by atoms with Crippen LogP contribution in [-0.4, -0.2) is 23.8 Å². The molecule has 6 nitrogen and oxygen atoms in total. The Hall–Kier alpha value is -2.21. The second kappa shape index (κ2) is 6.12. The fourth-order valence-electron chi connectivity index (χ4n) is 2.44. The van der Waals surface area contributed by atoms with E-state index < -0.39 is 6.04 Å². The normalized spacial score (nSPS) is 16.7. The highest BCUT2D eigenvalue weighted by Crippen LogP contribution is 2.28. The van der Waals surface area contributed by atoms with E-state index in [1.54, 1.807) is 25.1 Å². The smallest absolute Gasteiger partial charge is 0.241 e. The minimum absolute atomic E-state index is 0.190. The van der Waals surface area contributed by atoms with E-state index in [-0.39, 0.29) is 36.0 Å². The molecule has 0 saturated carbocycles. The van der Waals surface area contributed by atoms with Crippen LogP contribution >= 0.6 is 0 Å².